The molecule has 3 aliphatic heterocycles. The van der Waals surface area contributed by atoms with E-state index in [0.29, 0.717) is 12.6 Å². The molecule has 3 fully saturated rings. The number of aromatic nitrogens is 1. The van der Waals surface area contributed by atoms with Crippen molar-refractivity contribution in [3.63, 3.8) is 0 Å². The Morgan fingerprint density at radius 2 is 1.50 bits per heavy atom. The topological polar surface area (TPSA) is 84.4 Å². The van der Waals surface area contributed by atoms with Crippen LogP contribution in [0.2, 0.25) is 0 Å². The molecule has 6 rings (SSSR count). The number of piperidine rings is 1. The number of benzene rings is 2. The quantitative estimate of drug-likeness (QED) is 0.400. The van der Waals surface area contributed by atoms with Crippen molar-refractivity contribution < 1.29 is 14.6 Å². The lowest BCUT2D eigenvalue weighted by atomic mass is 9.99. The van der Waals surface area contributed by atoms with E-state index in [2.05, 4.69) is 75.6 Å². The molecular weight excluding hydrogens is 528 g/mol. The lowest BCUT2D eigenvalue weighted by Gasteiger charge is -2.43. The van der Waals surface area contributed by atoms with E-state index in [0.717, 1.165) is 99.0 Å². The Morgan fingerprint density at radius 1 is 0.881 bits per heavy atom. The summed E-state index contributed by atoms with van der Waals surface area (Å²) in [7, 11) is 3.86. The predicted octanol–water partition coefficient (Wildman–Crippen LogP) is 4.80. The highest BCUT2D eigenvalue weighted by molar-refractivity contribution is 5.73. The zero-order valence-corrected chi connectivity index (χ0v) is 24.7. The summed E-state index contributed by atoms with van der Waals surface area (Å²) in [5, 5.41) is 13.2. The molecule has 0 bridgehead atoms. The van der Waals surface area contributed by atoms with Crippen molar-refractivity contribution in [2.75, 3.05) is 76.7 Å². The Kier molecular flexibility index (Phi) is 8.48. The second-order valence-corrected chi connectivity index (χ2v) is 11.8. The third kappa shape index (κ3) is 6.47. The Morgan fingerprint density at radius 3 is 2.05 bits per heavy atom. The molecule has 2 N–H and O–H groups in total. The molecule has 1 aromatic heterocycles. The number of carbonyl (C=O) groups is 1. The van der Waals surface area contributed by atoms with Crippen LogP contribution in [0.15, 0.2) is 60.7 Å². The summed E-state index contributed by atoms with van der Waals surface area (Å²) < 4.78 is 5.38. The number of methoxy groups -OCH3 is 1. The number of pyridine rings is 1. The fourth-order valence-corrected chi connectivity index (χ4v) is 6.26. The van der Waals surface area contributed by atoms with Gasteiger partial charge in [0.15, 0.2) is 0 Å². The van der Waals surface area contributed by atoms with Gasteiger partial charge in [-0.15, -0.1) is 0 Å². The van der Waals surface area contributed by atoms with Crippen molar-refractivity contribution in [3.05, 3.63) is 60.7 Å². The van der Waals surface area contributed by atoms with Gasteiger partial charge < -0.3 is 34.8 Å². The summed E-state index contributed by atoms with van der Waals surface area (Å²) in [5.74, 6) is 0.827. The fourth-order valence-electron chi connectivity index (χ4n) is 6.26. The van der Waals surface area contributed by atoms with Crippen molar-refractivity contribution in [2.45, 2.75) is 31.3 Å². The van der Waals surface area contributed by atoms with Gasteiger partial charge in [-0.05, 0) is 74.8 Å². The molecule has 1 atom stereocenters. The zero-order chi connectivity index (χ0) is 29.1. The lowest BCUT2D eigenvalue weighted by Crippen LogP contribution is -2.56. The Hall–Kier alpha value is -3.82. The highest BCUT2D eigenvalue weighted by atomic mass is 16.5. The molecule has 3 aliphatic rings. The van der Waals surface area contributed by atoms with Crippen molar-refractivity contribution in [3.8, 4) is 28.3 Å². The molecule has 222 valence electrons. The van der Waals surface area contributed by atoms with Crippen LogP contribution in [0.3, 0.4) is 0 Å². The van der Waals surface area contributed by atoms with E-state index in [1.807, 2.05) is 12.1 Å². The molecule has 9 nitrogen and oxygen atoms in total. The van der Waals surface area contributed by atoms with Crippen LogP contribution in [0.5, 0.6) is 5.75 Å². The minimum absolute atomic E-state index is 0.143. The van der Waals surface area contributed by atoms with E-state index in [1.165, 1.54) is 5.69 Å². The molecule has 2 aromatic carbocycles. The van der Waals surface area contributed by atoms with Gasteiger partial charge in [0.05, 0.1) is 18.5 Å². The van der Waals surface area contributed by atoms with Crippen molar-refractivity contribution >= 4 is 17.5 Å². The van der Waals surface area contributed by atoms with Crippen LogP contribution in [0.4, 0.5) is 16.2 Å². The Bertz CT molecular complexity index is 1350. The maximum Gasteiger partial charge on any atom is 0.407 e. The number of nitrogens with zero attached hydrogens (tertiary/aromatic N) is 5. The molecule has 1 unspecified atom stereocenters. The van der Waals surface area contributed by atoms with E-state index >= 15 is 0 Å². The van der Waals surface area contributed by atoms with Gasteiger partial charge in [0.25, 0.3) is 0 Å². The van der Waals surface area contributed by atoms with Gasteiger partial charge in [0, 0.05) is 86.9 Å². The number of hydrogen-bond acceptors (Lipinski definition) is 7. The van der Waals surface area contributed by atoms with Gasteiger partial charge in [-0.3, -0.25) is 0 Å². The first kappa shape index (κ1) is 28.3. The van der Waals surface area contributed by atoms with Gasteiger partial charge in [0.1, 0.15) is 5.75 Å². The molecule has 0 saturated carbocycles. The normalized spacial score (nSPS) is 20.3. The average molecular weight is 571 g/mol. The highest BCUT2D eigenvalue weighted by Crippen LogP contribution is 2.31. The van der Waals surface area contributed by atoms with E-state index in [4.69, 9.17) is 9.72 Å². The summed E-state index contributed by atoms with van der Waals surface area (Å²) in [6, 6.07) is 21.7. The zero-order valence-electron chi connectivity index (χ0n) is 24.7. The van der Waals surface area contributed by atoms with Crippen molar-refractivity contribution in [1.82, 2.24) is 19.7 Å². The molecule has 0 spiro atoms. The van der Waals surface area contributed by atoms with Gasteiger partial charge in [-0.1, -0.05) is 12.1 Å². The number of rotatable bonds is 8. The van der Waals surface area contributed by atoms with Crippen molar-refractivity contribution in [1.29, 1.82) is 0 Å². The molecule has 3 aromatic rings. The van der Waals surface area contributed by atoms with Gasteiger partial charge in [0.2, 0.25) is 0 Å². The summed E-state index contributed by atoms with van der Waals surface area (Å²) in [5.41, 5.74) is 6.36. The minimum Gasteiger partial charge on any atom is -0.497 e. The summed E-state index contributed by atoms with van der Waals surface area (Å²) in [6.45, 7) is 7.71. The maximum atomic E-state index is 11.4. The maximum absolute atomic E-state index is 11.4. The van der Waals surface area contributed by atoms with E-state index in [9.17, 15) is 9.90 Å². The molecule has 42 heavy (non-hydrogen) atoms. The Balaban J connectivity index is 1.18. The van der Waals surface area contributed by atoms with E-state index in [1.54, 1.807) is 12.0 Å². The molecule has 1 amide bonds. The smallest absolute Gasteiger partial charge is 0.407 e. The van der Waals surface area contributed by atoms with Gasteiger partial charge in [-0.2, -0.15) is 0 Å². The fraction of sp³-hybridized carbons (Fsp3) is 0.455. The number of likely N-dealkylation sites (tertiary alicyclic amines) is 2. The number of carboxylic acid groups (broad SMARTS) is 1. The molecule has 0 radical (unpaired) electrons. The number of hydrogen-bond donors (Lipinski definition) is 2. The molecular formula is C33H42N6O3. The summed E-state index contributed by atoms with van der Waals surface area (Å²) >= 11 is 0. The molecule has 3 saturated heterocycles. The number of likely N-dealkylation sites (N-methyl/N-ethyl adjacent to an activating group) is 1. The number of anilines is 2. The first-order chi connectivity index (χ1) is 20.4. The third-order valence-electron chi connectivity index (χ3n) is 9.06. The SMILES string of the molecule is COc1ccc(-c2cc(NC3CCN(CC4CCN4C(=O)O)CC3)cc(-c3ccc(N4CCN(C)CC4)cc3)n2)cc1. The number of amides is 1. The van der Waals surface area contributed by atoms with E-state index < -0.39 is 6.09 Å². The first-order valence-corrected chi connectivity index (χ1v) is 15.1. The number of piperazine rings is 1. The molecule has 0 aliphatic carbocycles. The van der Waals surface area contributed by atoms with Crippen LogP contribution >= 0.6 is 0 Å². The second kappa shape index (κ2) is 12.6. The Labute approximate surface area is 248 Å². The van der Waals surface area contributed by atoms with Crippen molar-refractivity contribution in [2.24, 2.45) is 0 Å². The van der Waals surface area contributed by atoms with Crippen LogP contribution in [0.1, 0.15) is 19.3 Å². The summed E-state index contributed by atoms with van der Waals surface area (Å²) in [4.78, 5) is 25.3. The molecule has 9 heteroatoms. The van der Waals surface area contributed by atoms with Gasteiger partial charge >= 0.3 is 6.09 Å². The highest BCUT2D eigenvalue weighted by Gasteiger charge is 2.34. The predicted molar refractivity (Wildman–Crippen MR) is 168 cm³/mol. The minimum atomic E-state index is -0.794. The van der Waals surface area contributed by atoms with E-state index in [-0.39, 0.29) is 6.04 Å². The average Bonchev–Trinajstić information content (AvgIpc) is 3.00. The summed E-state index contributed by atoms with van der Waals surface area (Å²) in [6.07, 6.45) is 2.22. The number of nitrogens with one attached hydrogen (secondary N) is 1. The third-order valence-corrected chi connectivity index (χ3v) is 9.06. The largest absolute Gasteiger partial charge is 0.497 e. The second-order valence-electron chi connectivity index (χ2n) is 11.8. The van der Waals surface area contributed by atoms with Crippen LogP contribution in [-0.2, 0) is 0 Å². The lowest BCUT2D eigenvalue weighted by molar-refractivity contribution is 0.0493. The monoisotopic (exact) mass is 570 g/mol. The van der Waals surface area contributed by atoms with Crippen LogP contribution < -0.4 is 15.0 Å². The van der Waals surface area contributed by atoms with Gasteiger partial charge in [-0.25, -0.2) is 9.78 Å². The standard InChI is InChI=1S/C33H42N6O3/c1-36-17-19-38(20-18-36)28-7-3-24(4-8-28)31-21-27(22-32(35-31)25-5-9-30(42-2)10-6-25)34-26-11-14-37(15-12-26)23-29-13-16-39(29)33(40)41/h3-10,21-22,26,29H,11-20,23H2,1-2H3,(H,34,35)(H,40,41). The van der Waals surface area contributed by atoms with Crippen LogP contribution in [0.25, 0.3) is 22.5 Å². The van der Waals surface area contributed by atoms with Crippen LogP contribution in [-0.4, -0.2) is 109 Å². The van der Waals surface area contributed by atoms with Crippen LogP contribution in [0, 0.1) is 0 Å². The first-order valence-electron chi connectivity index (χ1n) is 15.1. The number of ether oxygens (including phenoxy) is 1. The molecule has 4 heterocycles.